The number of rotatable bonds is 4. The van der Waals surface area contributed by atoms with E-state index in [-0.39, 0.29) is 11.4 Å². The molecule has 130 valence electrons. The number of fused-ring (bicyclic) bond motifs is 1. The minimum atomic E-state index is -0.430. The van der Waals surface area contributed by atoms with Crippen molar-refractivity contribution < 1.29 is 4.79 Å². The van der Waals surface area contributed by atoms with Crippen LogP contribution in [0.2, 0.25) is 0 Å². The Labute approximate surface area is 147 Å². The van der Waals surface area contributed by atoms with Gasteiger partial charge in [-0.05, 0) is 51.5 Å². The molecule has 3 N–H and O–H groups in total. The summed E-state index contributed by atoms with van der Waals surface area (Å²) in [5, 5.41) is 14.3. The number of hydrogen-bond donors (Lipinski definition) is 3. The van der Waals surface area contributed by atoms with Gasteiger partial charge in [-0.3, -0.25) is 15.2 Å². The normalized spacial score (nSPS) is 13.0. The maximum atomic E-state index is 13.0. The van der Waals surface area contributed by atoms with Crippen molar-refractivity contribution in [1.82, 2.24) is 15.5 Å². The molecule has 0 saturated carbocycles. The number of aromatic nitrogens is 2. The smallest absolute Gasteiger partial charge is 0.246 e. The second kappa shape index (κ2) is 6.69. The molecule has 0 bridgehead atoms. The molecule has 3 aromatic rings. The molecule has 0 radical (unpaired) electrons. The highest BCUT2D eigenvalue weighted by molar-refractivity contribution is 5.97. The summed E-state index contributed by atoms with van der Waals surface area (Å²) in [4.78, 5) is 13.0. The second-order valence-electron chi connectivity index (χ2n) is 7.40. The van der Waals surface area contributed by atoms with Gasteiger partial charge in [0.05, 0.1) is 11.7 Å². The molecular formula is C20H24N4O. The molecule has 0 aliphatic heterocycles. The third kappa shape index (κ3) is 4.25. The van der Waals surface area contributed by atoms with Crippen LogP contribution in [-0.4, -0.2) is 21.6 Å². The van der Waals surface area contributed by atoms with Crippen molar-refractivity contribution in [3.05, 3.63) is 59.8 Å². The lowest BCUT2D eigenvalue weighted by Gasteiger charge is -2.28. The number of carbonyl (C=O) groups is 1. The number of nitrogens with one attached hydrogen (secondary N) is 3. The number of amides is 1. The number of H-pyrrole nitrogens is 1. The van der Waals surface area contributed by atoms with Gasteiger partial charge in [0.25, 0.3) is 0 Å². The zero-order valence-electron chi connectivity index (χ0n) is 15.1. The first kappa shape index (κ1) is 17.2. The lowest BCUT2D eigenvalue weighted by molar-refractivity contribution is -0.118. The maximum absolute atomic E-state index is 13.0. The van der Waals surface area contributed by atoms with E-state index in [4.69, 9.17) is 0 Å². The van der Waals surface area contributed by atoms with Gasteiger partial charge < -0.3 is 5.32 Å². The Hall–Kier alpha value is -2.66. The van der Waals surface area contributed by atoms with E-state index < -0.39 is 6.04 Å². The largest absolute Gasteiger partial charge is 0.324 e. The van der Waals surface area contributed by atoms with Crippen LogP contribution in [0.15, 0.2) is 48.7 Å². The van der Waals surface area contributed by atoms with Gasteiger partial charge in [0.2, 0.25) is 5.91 Å². The van der Waals surface area contributed by atoms with E-state index in [0.717, 1.165) is 22.2 Å². The van der Waals surface area contributed by atoms with Crippen molar-refractivity contribution in [3.8, 4) is 0 Å². The fourth-order valence-electron chi connectivity index (χ4n) is 2.73. The Morgan fingerprint density at radius 3 is 2.52 bits per heavy atom. The van der Waals surface area contributed by atoms with Crippen LogP contribution < -0.4 is 10.6 Å². The molecular weight excluding hydrogens is 312 g/mol. The average Bonchev–Trinajstić information content (AvgIpc) is 3.00. The van der Waals surface area contributed by atoms with Gasteiger partial charge >= 0.3 is 0 Å². The summed E-state index contributed by atoms with van der Waals surface area (Å²) in [6, 6.07) is 13.3. The van der Waals surface area contributed by atoms with E-state index in [1.165, 1.54) is 5.56 Å². The molecule has 2 aromatic carbocycles. The standard InChI is InChI=1S/C20H24N4O/c1-13-5-7-14(8-6-13)18(23-20(2,3)4)19(25)22-16-9-10-17-15(11-16)12-21-24-17/h5-12,18,23H,1-4H3,(H,21,24)(H,22,25). The molecule has 0 aliphatic rings. The van der Waals surface area contributed by atoms with Crippen molar-refractivity contribution in [3.63, 3.8) is 0 Å². The molecule has 0 fully saturated rings. The maximum Gasteiger partial charge on any atom is 0.246 e. The summed E-state index contributed by atoms with van der Waals surface area (Å²) < 4.78 is 0. The Kier molecular flexibility index (Phi) is 4.59. The average molecular weight is 336 g/mol. The lowest BCUT2D eigenvalue weighted by Crippen LogP contribution is -2.44. The minimum absolute atomic E-state index is 0.0818. The molecule has 1 atom stereocenters. The highest BCUT2D eigenvalue weighted by Crippen LogP contribution is 2.22. The van der Waals surface area contributed by atoms with E-state index in [1.807, 2.05) is 49.4 Å². The van der Waals surface area contributed by atoms with Crippen LogP contribution >= 0.6 is 0 Å². The van der Waals surface area contributed by atoms with Gasteiger partial charge in [-0.25, -0.2) is 0 Å². The molecule has 1 heterocycles. The second-order valence-corrected chi connectivity index (χ2v) is 7.40. The molecule has 0 saturated heterocycles. The Morgan fingerprint density at radius 1 is 1.12 bits per heavy atom. The van der Waals surface area contributed by atoms with Crippen molar-refractivity contribution in [2.75, 3.05) is 5.32 Å². The molecule has 5 heteroatoms. The van der Waals surface area contributed by atoms with Gasteiger partial charge in [-0.1, -0.05) is 29.8 Å². The Balaban J connectivity index is 1.86. The summed E-state index contributed by atoms with van der Waals surface area (Å²) in [7, 11) is 0. The zero-order valence-corrected chi connectivity index (χ0v) is 15.1. The number of nitrogens with zero attached hydrogens (tertiary/aromatic N) is 1. The van der Waals surface area contributed by atoms with Crippen molar-refractivity contribution in [2.24, 2.45) is 0 Å². The summed E-state index contributed by atoms with van der Waals surface area (Å²) in [5.74, 6) is -0.0818. The van der Waals surface area contributed by atoms with Gasteiger partial charge in [0.15, 0.2) is 0 Å². The molecule has 0 aliphatic carbocycles. The summed E-state index contributed by atoms with van der Waals surface area (Å²) >= 11 is 0. The van der Waals surface area contributed by atoms with Crippen LogP contribution in [0.3, 0.4) is 0 Å². The van der Waals surface area contributed by atoms with Gasteiger partial charge in [0, 0.05) is 16.6 Å². The molecule has 5 nitrogen and oxygen atoms in total. The van der Waals surface area contributed by atoms with E-state index in [9.17, 15) is 4.79 Å². The number of anilines is 1. The molecule has 0 spiro atoms. The van der Waals surface area contributed by atoms with E-state index in [0.29, 0.717) is 0 Å². The summed E-state index contributed by atoms with van der Waals surface area (Å²) in [6.45, 7) is 8.20. The Morgan fingerprint density at radius 2 is 1.84 bits per heavy atom. The number of aromatic amines is 1. The van der Waals surface area contributed by atoms with Crippen molar-refractivity contribution >= 4 is 22.5 Å². The third-order valence-corrected chi connectivity index (χ3v) is 3.96. The lowest BCUT2D eigenvalue weighted by atomic mass is 10.00. The van der Waals surface area contributed by atoms with E-state index in [1.54, 1.807) is 6.20 Å². The number of benzene rings is 2. The molecule has 1 amide bonds. The first-order chi connectivity index (χ1) is 11.8. The van der Waals surface area contributed by atoms with Crippen LogP contribution in [0.5, 0.6) is 0 Å². The number of hydrogen-bond acceptors (Lipinski definition) is 3. The van der Waals surface area contributed by atoms with Gasteiger partial charge in [0.1, 0.15) is 6.04 Å². The van der Waals surface area contributed by atoms with E-state index in [2.05, 4.69) is 41.6 Å². The highest BCUT2D eigenvalue weighted by Gasteiger charge is 2.25. The fourth-order valence-corrected chi connectivity index (χ4v) is 2.73. The Bertz CT molecular complexity index is 875. The quantitative estimate of drug-likeness (QED) is 0.676. The van der Waals surface area contributed by atoms with Crippen LogP contribution in [0, 0.1) is 6.92 Å². The predicted octanol–water partition coefficient (Wildman–Crippen LogP) is 3.94. The summed E-state index contributed by atoms with van der Waals surface area (Å²) in [6.07, 6.45) is 1.75. The fraction of sp³-hybridized carbons (Fsp3) is 0.300. The van der Waals surface area contributed by atoms with Crippen LogP contribution in [0.25, 0.3) is 10.9 Å². The number of aryl methyl sites for hydroxylation is 1. The zero-order chi connectivity index (χ0) is 18.0. The first-order valence-electron chi connectivity index (χ1n) is 8.40. The van der Waals surface area contributed by atoms with Gasteiger partial charge in [-0.15, -0.1) is 0 Å². The third-order valence-electron chi connectivity index (χ3n) is 3.96. The molecule has 25 heavy (non-hydrogen) atoms. The van der Waals surface area contributed by atoms with Crippen LogP contribution in [-0.2, 0) is 4.79 Å². The van der Waals surface area contributed by atoms with E-state index >= 15 is 0 Å². The predicted molar refractivity (Wildman–Crippen MR) is 102 cm³/mol. The van der Waals surface area contributed by atoms with Crippen LogP contribution in [0.4, 0.5) is 5.69 Å². The first-order valence-corrected chi connectivity index (χ1v) is 8.40. The van der Waals surface area contributed by atoms with Gasteiger partial charge in [-0.2, -0.15) is 5.10 Å². The minimum Gasteiger partial charge on any atom is -0.324 e. The number of carbonyl (C=O) groups excluding carboxylic acids is 1. The monoisotopic (exact) mass is 336 g/mol. The SMILES string of the molecule is Cc1ccc(C(NC(C)(C)C)C(=O)Nc2ccc3[nH]ncc3c2)cc1. The molecule has 3 rings (SSSR count). The summed E-state index contributed by atoms with van der Waals surface area (Å²) in [5.41, 5.74) is 3.63. The highest BCUT2D eigenvalue weighted by atomic mass is 16.2. The van der Waals surface area contributed by atoms with Crippen LogP contribution in [0.1, 0.15) is 37.9 Å². The molecule has 1 aromatic heterocycles. The molecule has 1 unspecified atom stereocenters. The van der Waals surface area contributed by atoms with Crippen molar-refractivity contribution in [2.45, 2.75) is 39.3 Å². The van der Waals surface area contributed by atoms with Crippen molar-refractivity contribution in [1.29, 1.82) is 0 Å². The topological polar surface area (TPSA) is 69.8 Å².